The van der Waals surface area contributed by atoms with Crippen LogP contribution in [0.1, 0.15) is 30.7 Å². The van der Waals surface area contributed by atoms with Gasteiger partial charge in [-0.3, -0.25) is 4.68 Å². The highest BCUT2D eigenvalue weighted by Crippen LogP contribution is 2.23. The molecule has 4 nitrogen and oxygen atoms in total. The van der Waals surface area contributed by atoms with Gasteiger partial charge in [0.25, 0.3) is 0 Å². The van der Waals surface area contributed by atoms with Gasteiger partial charge in [-0.2, -0.15) is 5.10 Å². The van der Waals surface area contributed by atoms with Crippen molar-refractivity contribution in [3.05, 3.63) is 41.1 Å². The highest BCUT2D eigenvalue weighted by Gasteiger charge is 2.11. The highest BCUT2D eigenvalue weighted by molar-refractivity contribution is 5.65. The minimum Gasteiger partial charge on any atom is -0.394 e. The van der Waals surface area contributed by atoms with Gasteiger partial charge >= 0.3 is 0 Å². The van der Waals surface area contributed by atoms with Gasteiger partial charge in [0.15, 0.2) is 0 Å². The second-order valence-corrected chi connectivity index (χ2v) is 4.66. The van der Waals surface area contributed by atoms with Gasteiger partial charge in [-0.25, -0.2) is 0 Å². The van der Waals surface area contributed by atoms with Gasteiger partial charge in [0.1, 0.15) is 5.82 Å². The fourth-order valence-corrected chi connectivity index (χ4v) is 2.32. The van der Waals surface area contributed by atoms with Gasteiger partial charge in [-0.1, -0.05) is 38.1 Å². The summed E-state index contributed by atoms with van der Waals surface area (Å²) in [6.07, 6.45) is 1.89. The van der Waals surface area contributed by atoms with E-state index in [0.717, 1.165) is 36.6 Å². The van der Waals surface area contributed by atoms with Gasteiger partial charge < -0.3 is 11.1 Å². The summed E-state index contributed by atoms with van der Waals surface area (Å²) in [4.78, 5) is 0. The molecule has 0 saturated heterocycles. The van der Waals surface area contributed by atoms with E-state index in [0.29, 0.717) is 0 Å². The van der Waals surface area contributed by atoms with E-state index in [4.69, 9.17) is 5.73 Å². The molecule has 0 aliphatic carbocycles. The molecule has 0 fully saturated rings. The lowest BCUT2D eigenvalue weighted by Crippen LogP contribution is -2.07. The molecule has 2 aromatic rings. The number of aromatic nitrogens is 2. The van der Waals surface area contributed by atoms with Crippen LogP contribution < -0.4 is 11.1 Å². The molecule has 1 heterocycles. The summed E-state index contributed by atoms with van der Waals surface area (Å²) in [5.41, 5.74) is 10.5. The zero-order chi connectivity index (χ0) is 13.8. The molecule has 0 unspecified atom stereocenters. The van der Waals surface area contributed by atoms with Gasteiger partial charge in [0.2, 0.25) is 0 Å². The van der Waals surface area contributed by atoms with Crippen LogP contribution in [0.4, 0.5) is 11.5 Å². The number of nitrogens with two attached hydrogens (primary N) is 1. The Balaban J connectivity index is 2.17. The standard InChI is InChI=1S/C15H22N4/c1-4-11-8-6-7-9-12(11)10-17-15-14(16)13(5-2)18-19(15)3/h6-9,17H,4-5,10,16H2,1-3H3. The lowest BCUT2D eigenvalue weighted by molar-refractivity contribution is 0.747. The zero-order valence-corrected chi connectivity index (χ0v) is 11.9. The van der Waals surface area contributed by atoms with Crippen LogP contribution in [0.2, 0.25) is 0 Å². The summed E-state index contributed by atoms with van der Waals surface area (Å²) >= 11 is 0. The van der Waals surface area contributed by atoms with E-state index >= 15 is 0 Å². The molecule has 19 heavy (non-hydrogen) atoms. The number of aryl methyl sites for hydroxylation is 3. The van der Waals surface area contributed by atoms with Gasteiger partial charge in [-0.05, 0) is 24.0 Å². The molecule has 1 aromatic carbocycles. The summed E-state index contributed by atoms with van der Waals surface area (Å²) < 4.78 is 1.82. The van der Waals surface area contributed by atoms with E-state index in [-0.39, 0.29) is 0 Å². The number of nitrogen functional groups attached to an aromatic ring is 1. The average molecular weight is 258 g/mol. The summed E-state index contributed by atoms with van der Waals surface area (Å²) in [6.45, 7) is 5.01. The normalized spacial score (nSPS) is 10.7. The van der Waals surface area contributed by atoms with E-state index in [1.807, 2.05) is 11.7 Å². The highest BCUT2D eigenvalue weighted by atomic mass is 15.3. The number of anilines is 2. The average Bonchev–Trinajstić information content (AvgIpc) is 2.71. The minimum atomic E-state index is 0.763. The van der Waals surface area contributed by atoms with E-state index in [2.05, 4.69) is 48.5 Å². The van der Waals surface area contributed by atoms with Crippen molar-refractivity contribution in [1.29, 1.82) is 0 Å². The lowest BCUT2D eigenvalue weighted by Gasteiger charge is -2.11. The largest absolute Gasteiger partial charge is 0.394 e. The Hall–Kier alpha value is -1.97. The fourth-order valence-electron chi connectivity index (χ4n) is 2.32. The molecule has 0 bridgehead atoms. The van der Waals surface area contributed by atoms with E-state index in [1.165, 1.54) is 11.1 Å². The molecule has 0 saturated carbocycles. The van der Waals surface area contributed by atoms with Gasteiger partial charge in [-0.15, -0.1) is 0 Å². The van der Waals surface area contributed by atoms with Gasteiger partial charge in [0.05, 0.1) is 11.4 Å². The SMILES string of the molecule is CCc1ccccc1CNc1c(N)c(CC)nn1C. The molecular formula is C15H22N4. The number of nitrogens with zero attached hydrogens (tertiary/aromatic N) is 2. The first-order valence-corrected chi connectivity index (χ1v) is 6.79. The molecule has 2 rings (SSSR count). The van der Waals surface area contributed by atoms with Crippen LogP contribution in [0, 0.1) is 0 Å². The van der Waals surface area contributed by atoms with Crippen molar-refractivity contribution in [3.63, 3.8) is 0 Å². The van der Waals surface area contributed by atoms with Crippen LogP contribution in [-0.2, 0) is 26.4 Å². The van der Waals surface area contributed by atoms with Crippen LogP contribution in [0.5, 0.6) is 0 Å². The molecule has 1 aromatic heterocycles. The number of rotatable bonds is 5. The third kappa shape index (κ3) is 2.72. The van der Waals surface area contributed by atoms with Crippen molar-refractivity contribution in [2.24, 2.45) is 7.05 Å². The lowest BCUT2D eigenvalue weighted by atomic mass is 10.1. The summed E-state index contributed by atoms with van der Waals surface area (Å²) in [7, 11) is 1.92. The molecule has 0 aliphatic heterocycles. The quantitative estimate of drug-likeness (QED) is 0.867. The second kappa shape index (κ2) is 5.78. The Morgan fingerprint density at radius 3 is 2.42 bits per heavy atom. The fraction of sp³-hybridized carbons (Fsp3) is 0.400. The molecule has 0 aliphatic rings. The maximum Gasteiger partial charge on any atom is 0.148 e. The molecule has 0 spiro atoms. The molecule has 3 N–H and O–H groups in total. The molecule has 0 atom stereocenters. The summed E-state index contributed by atoms with van der Waals surface area (Å²) in [5.74, 6) is 0.905. The van der Waals surface area contributed by atoms with Crippen LogP contribution in [0.15, 0.2) is 24.3 Å². The Morgan fingerprint density at radius 2 is 1.84 bits per heavy atom. The van der Waals surface area contributed by atoms with Crippen LogP contribution in [0.3, 0.4) is 0 Å². The second-order valence-electron chi connectivity index (χ2n) is 4.66. The predicted octanol–water partition coefficient (Wildman–Crippen LogP) is 2.74. The Bertz CT molecular complexity index is 557. The molecule has 4 heteroatoms. The topological polar surface area (TPSA) is 55.9 Å². The number of benzene rings is 1. The Labute approximate surface area is 114 Å². The first-order chi connectivity index (χ1) is 9.17. The predicted molar refractivity (Wildman–Crippen MR) is 80.1 cm³/mol. The Kier molecular flexibility index (Phi) is 4.10. The van der Waals surface area contributed by atoms with Crippen LogP contribution >= 0.6 is 0 Å². The molecule has 0 radical (unpaired) electrons. The van der Waals surface area contributed by atoms with E-state index in [9.17, 15) is 0 Å². The maximum absolute atomic E-state index is 6.10. The van der Waals surface area contributed by atoms with E-state index < -0.39 is 0 Å². The first kappa shape index (κ1) is 13.5. The molecular weight excluding hydrogens is 236 g/mol. The number of nitrogens with one attached hydrogen (secondary N) is 1. The summed E-state index contributed by atoms with van der Waals surface area (Å²) in [6, 6.07) is 8.47. The third-order valence-corrected chi connectivity index (χ3v) is 3.44. The summed E-state index contributed by atoms with van der Waals surface area (Å²) in [5, 5.41) is 7.82. The monoisotopic (exact) mass is 258 g/mol. The third-order valence-electron chi connectivity index (χ3n) is 3.44. The Morgan fingerprint density at radius 1 is 1.16 bits per heavy atom. The molecule has 102 valence electrons. The van der Waals surface area contributed by atoms with Crippen molar-refractivity contribution in [2.75, 3.05) is 11.1 Å². The zero-order valence-electron chi connectivity index (χ0n) is 11.9. The molecule has 0 amide bonds. The van der Waals surface area contributed by atoms with Crippen molar-refractivity contribution >= 4 is 11.5 Å². The number of hydrogen-bond acceptors (Lipinski definition) is 3. The number of hydrogen-bond donors (Lipinski definition) is 2. The van der Waals surface area contributed by atoms with Crippen molar-refractivity contribution in [3.8, 4) is 0 Å². The van der Waals surface area contributed by atoms with Crippen LogP contribution in [0.25, 0.3) is 0 Å². The first-order valence-electron chi connectivity index (χ1n) is 6.79. The smallest absolute Gasteiger partial charge is 0.148 e. The van der Waals surface area contributed by atoms with Crippen molar-refractivity contribution < 1.29 is 0 Å². The maximum atomic E-state index is 6.10. The van der Waals surface area contributed by atoms with Crippen LogP contribution in [-0.4, -0.2) is 9.78 Å². The van der Waals surface area contributed by atoms with Crippen molar-refractivity contribution in [2.45, 2.75) is 33.2 Å². The minimum absolute atomic E-state index is 0.763. The van der Waals surface area contributed by atoms with E-state index in [1.54, 1.807) is 0 Å². The van der Waals surface area contributed by atoms with Crippen molar-refractivity contribution in [1.82, 2.24) is 9.78 Å². The van der Waals surface area contributed by atoms with Gasteiger partial charge in [0, 0.05) is 13.6 Å².